The summed E-state index contributed by atoms with van der Waals surface area (Å²) in [6, 6.07) is 0. The van der Waals surface area contributed by atoms with Crippen LogP contribution in [-0.2, 0) is 14.4 Å². The third-order valence-electron chi connectivity index (χ3n) is 5.39. The molecular weight excluding hydrogens is 476 g/mol. The van der Waals surface area contributed by atoms with Gasteiger partial charge in [0.2, 0.25) is 17.7 Å². The van der Waals surface area contributed by atoms with E-state index in [1.807, 2.05) is 0 Å². The second kappa shape index (κ2) is 23.3. The molecule has 214 valence electrons. The molecule has 13 heteroatoms. The molecule has 0 unspecified atom stereocenters. The van der Waals surface area contributed by atoms with E-state index < -0.39 is 0 Å². The van der Waals surface area contributed by atoms with Crippen molar-refractivity contribution in [2.75, 3.05) is 52.4 Å². The predicted octanol–water partition coefficient (Wildman–Crippen LogP) is -0.895. The van der Waals surface area contributed by atoms with Crippen molar-refractivity contribution in [3.05, 3.63) is 0 Å². The van der Waals surface area contributed by atoms with Crippen molar-refractivity contribution in [3.8, 4) is 0 Å². The molecule has 37 heavy (non-hydrogen) atoms. The summed E-state index contributed by atoms with van der Waals surface area (Å²) in [5.41, 5.74) is 21.3. The van der Waals surface area contributed by atoms with Gasteiger partial charge in [-0.15, -0.1) is 0 Å². The van der Waals surface area contributed by atoms with Gasteiger partial charge in [-0.1, -0.05) is 19.8 Å². The van der Waals surface area contributed by atoms with Crippen LogP contribution in [0.2, 0.25) is 0 Å². The quantitative estimate of drug-likeness (QED) is 0.0501. The van der Waals surface area contributed by atoms with Crippen molar-refractivity contribution in [2.45, 2.75) is 71.1 Å². The molecule has 0 fully saturated rings. The lowest BCUT2D eigenvalue weighted by Gasteiger charge is -2.22. The molecule has 11 N–H and O–H groups in total. The van der Waals surface area contributed by atoms with Crippen LogP contribution in [0.25, 0.3) is 0 Å². The highest BCUT2D eigenvalue weighted by molar-refractivity contribution is 5.83. The Hall–Kier alpha value is -3.09. The standard InChI is InChI=1S/C24H50N10O3/c1-2-3-4-9-20(35)30-14-5-12-29-13-6-15-31-21(36)10-11-22(37)34(18-7-16-32-23(25)26)19-8-17-33-24(27)28/h29H,2-19H2,1H3,(H,30,35)(H,31,36)(H4,25,26,32)(H4,27,28,33). The first kappa shape index (κ1) is 33.9. The number of carbonyl (C=O) groups excluding carboxylic acids is 3. The third kappa shape index (κ3) is 23.1. The van der Waals surface area contributed by atoms with E-state index in [4.69, 9.17) is 22.9 Å². The highest BCUT2D eigenvalue weighted by Crippen LogP contribution is 2.03. The Bertz CT molecular complexity index is 668. The van der Waals surface area contributed by atoms with E-state index in [0.717, 1.165) is 45.2 Å². The maximum absolute atomic E-state index is 12.7. The molecule has 0 heterocycles. The van der Waals surface area contributed by atoms with Crippen LogP contribution >= 0.6 is 0 Å². The molecule has 3 amide bonds. The first-order chi connectivity index (χ1) is 17.8. The molecule has 0 aromatic heterocycles. The maximum atomic E-state index is 12.7. The van der Waals surface area contributed by atoms with E-state index in [1.54, 1.807) is 4.90 Å². The molecule has 0 bridgehead atoms. The number of carbonyl (C=O) groups is 3. The monoisotopic (exact) mass is 526 g/mol. The first-order valence-corrected chi connectivity index (χ1v) is 13.4. The predicted molar refractivity (Wildman–Crippen MR) is 149 cm³/mol. The van der Waals surface area contributed by atoms with E-state index in [1.165, 1.54) is 0 Å². The number of nitrogens with two attached hydrogens (primary N) is 4. The van der Waals surface area contributed by atoms with Gasteiger partial charge < -0.3 is 43.8 Å². The Morgan fingerprint density at radius 3 is 1.65 bits per heavy atom. The lowest BCUT2D eigenvalue weighted by molar-refractivity contribution is -0.133. The SMILES string of the molecule is CCCCCC(=O)NCCCNCCCNC(=O)CCC(=O)N(CCCN=C(N)N)CCCN=C(N)N. The summed E-state index contributed by atoms with van der Waals surface area (Å²) in [4.78, 5) is 46.0. The highest BCUT2D eigenvalue weighted by atomic mass is 16.2. The number of nitrogens with one attached hydrogen (secondary N) is 3. The minimum Gasteiger partial charge on any atom is -0.370 e. The summed E-state index contributed by atoms with van der Waals surface area (Å²) in [5.74, 6) is -0.114. The van der Waals surface area contributed by atoms with Crippen molar-refractivity contribution in [2.24, 2.45) is 32.9 Å². The van der Waals surface area contributed by atoms with Gasteiger partial charge in [0.15, 0.2) is 11.9 Å². The summed E-state index contributed by atoms with van der Waals surface area (Å²) >= 11 is 0. The lowest BCUT2D eigenvalue weighted by atomic mass is 10.2. The number of rotatable bonds is 23. The zero-order valence-electron chi connectivity index (χ0n) is 22.6. The van der Waals surface area contributed by atoms with Crippen LogP contribution in [0.1, 0.15) is 71.1 Å². The molecule has 0 saturated carbocycles. The molecule has 0 aliphatic carbocycles. The van der Waals surface area contributed by atoms with Crippen LogP contribution < -0.4 is 38.9 Å². The summed E-state index contributed by atoms with van der Waals surface area (Å²) in [6.45, 7) is 6.69. The van der Waals surface area contributed by atoms with Gasteiger partial charge in [-0.3, -0.25) is 24.4 Å². The Morgan fingerprint density at radius 2 is 1.16 bits per heavy atom. The molecule has 0 rings (SSSR count). The van der Waals surface area contributed by atoms with Crippen molar-refractivity contribution >= 4 is 29.6 Å². The normalized spacial score (nSPS) is 10.4. The van der Waals surface area contributed by atoms with Gasteiger partial charge in [0.05, 0.1) is 0 Å². The fraction of sp³-hybridized carbons (Fsp3) is 0.792. The van der Waals surface area contributed by atoms with Gasteiger partial charge in [-0.05, 0) is 45.2 Å². The maximum Gasteiger partial charge on any atom is 0.223 e. The zero-order chi connectivity index (χ0) is 27.7. The van der Waals surface area contributed by atoms with Crippen molar-refractivity contribution in [1.82, 2.24) is 20.9 Å². The minimum absolute atomic E-state index is 0.0131. The third-order valence-corrected chi connectivity index (χ3v) is 5.39. The number of unbranched alkanes of at least 4 members (excludes halogenated alkanes) is 2. The lowest BCUT2D eigenvalue weighted by Crippen LogP contribution is -2.35. The average Bonchev–Trinajstić information content (AvgIpc) is 2.85. The summed E-state index contributed by atoms with van der Waals surface area (Å²) in [7, 11) is 0. The molecule has 0 spiro atoms. The van der Waals surface area contributed by atoms with Crippen LogP contribution in [0.15, 0.2) is 9.98 Å². The van der Waals surface area contributed by atoms with Gasteiger partial charge in [-0.25, -0.2) is 0 Å². The largest absolute Gasteiger partial charge is 0.370 e. The number of nitrogens with zero attached hydrogens (tertiary/aromatic N) is 3. The van der Waals surface area contributed by atoms with Crippen LogP contribution in [0.5, 0.6) is 0 Å². The van der Waals surface area contributed by atoms with E-state index in [-0.39, 0.29) is 42.5 Å². The zero-order valence-corrected chi connectivity index (χ0v) is 22.6. The number of amides is 3. The van der Waals surface area contributed by atoms with E-state index >= 15 is 0 Å². The topological polar surface area (TPSA) is 219 Å². The fourth-order valence-corrected chi connectivity index (χ4v) is 3.40. The van der Waals surface area contributed by atoms with Crippen molar-refractivity contribution in [1.29, 1.82) is 0 Å². The smallest absolute Gasteiger partial charge is 0.223 e. The summed E-state index contributed by atoms with van der Waals surface area (Å²) < 4.78 is 0. The van der Waals surface area contributed by atoms with Crippen LogP contribution in [0, 0.1) is 0 Å². The van der Waals surface area contributed by atoms with E-state index in [0.29, 0.717) is 58.5 Å². The van der Waals surface area contributed by atoms with Gasteiger partial charge in [0, 0.05) is 58.5 Å². The molecule has 0 aliphatic rings. The second-order valence-electron chi connectivity index (χ2n) is 8.82. The van der Waals surface area contributed by atoms with Crippen molar-refractivity contribution in [3.63, 3.8) is 0 Å². The highest BCUT2D eigenvalue weighted by Gasteiger charge is 2.14. The van der Waals surface area contributed by atoms with Gasteiger partial charge in [0.25, 0.3) is 0 Å². The average molecular weight is 527 g/mol. The molecule has 0 aromatic rings. The molecule has 0 aliphatic heterocycles. The summed E-state index contributed by atoms with van der Waals surface area (Å²) in [5, 5.41) is 9.08. The van der Waals surface area contributed by atoms with E-state index in [2.05, 4.69) is 32.9 Å². The molecule has 0 radical (unpaired) electrons. The van der Waals surface area contributed by atoms with Crippen molar-refractivity contribution < 1.29 is 14.4 Å². The number of hydrogen-bond donors (Lipinski definition) is 7. The molecule has 0 aromatic carbocycles. The molecule has 0 saturated heterocycles. The number of guanidine groups is 2. The van der Waals surface area contributed by atoms with Crippen LogP contribution in [0.4, 0.5) is 0 Å². The summed E-state index contributed by atoms with van der Waals surface area (Å²) in [6.07, 6.45) is 6.86. The molecule has 0 atom stereocenters. The Balaban J connectivity index is 4.02. The van der Waals surface area contributed by atoms with Gasteiger partial charge >= 0.3 is 0 Å². The first-order valence-electron chi connectivity index (χ1n) is 13.4. The van der Waals surface area contributed by atoms with Crippen LogP contribution in [-0.4, -0.2) is 86.9 Å². The number of aliphatic imine (C=N–C) groups is 2. The van der Waals surface area contributed by atoms with Crippen LogP contribution in [0.3, 0.4) is 0 Å². The van der Waals surface area contributed by atoms with Gasteiger partial charge in [-0.2, -0.15) is 0 Å². The Labute approximate surface area is 221 Å². The molecular formula is C24H50N10O3. The minimum atomic E-state index is -0.153. The fourth-order valence-electron chi connectivity index (χ4n) is 3.40. The number of hydrogen-bond acceptors (Lipinski definition) is 6. The Kier molecular flexibility index (Phi) is 21.4. The molecule has 13 nitrogen and oxygen atoms in total. The Morgan fingerprint density at radius 1 is 0.649 bits per heavy atom. The second-order valence-corrected chi connectivity index (χ2v) is 8.82. The van der Waals surface area contributed by atoms with Gasteiger partial charge in [0.1, 0.15) is 0 Å². The van der Waals surface area contributed by atoms with E-state index in [9.17, 15) is 14.4 Å².